The molecule has 0 bridgehead atoms. The molecule has 118 valence electrons. The van der Waals surface area contributed by atoms with Crippen molar-refractivity contribution in [2.45, 2.75) is 6.92 Å². The molecule has 2 aromatic rings. The predicted octanol–water partition coefficient (Wildman–Crippen LogP) is 1.44. The number of halogens is 1. The van der Waals surface area contributed by atoms with Crippen molar-refractivity contribution in [2.75, 3.05) is 5.32 Å². The molecule has 0 aliphatic carbocycles. The molecule has 2 rings (SSSR count). The van der Waals surface area contributed by atoms with Crippen LogP contribution in [0.5, 0.6) is 0 Å². The fourth-order valence-electron chi connectivity index (χ4n) is 1.40. The van der Waals surface area contributed by atoms with Crippen LogP contribution in [-0.4, -0.2) is 34.4 Å². The molecule has 1 atom stereocenters. The maximum Gasteiger partial charge on any atom is 0.129 e. The van der Waals surface area contributed by atoms with Crippen molar-refractivity contribution in [3.63, 3.8) is 0 Å². The van der Waals surface area contributed by atoms with Crippen molar-refractivity contribution in [1.29, 1.82) is 0 Å². The summed E-state index contributed by atoms with van der Waals surface area (Å²) in [6, 6.07) is 11.2. The average molecular weight is 389 g/mol. The summed E-state index contributed by atoms with van der Waals surface area (Å²) in [4.78, 5) is 14.5. The van der Waals surface area contributed by atoms with Crippen LogP contribution in [0.15, 0.2) is 48.7 Å². The largest absolute Gasteiger partial charge is 0.245 e. The van der Waals surface area contributed by atoms with E-state index in [0.717, 1.165) is 0 Å². The van der Waals surface area contributed by atoms with Crippen molar-refractivity contribution in [3.05, 3.63) is 53.8 Å². The van der Waals surface area contributed by atoms with Crippen LogP contribution in [0, 0.1) is 0 Å². The second-order valence-corrected chi connectivity index (χ2v) is 7.88. The molecule has 0 aliphatic rings. The van der Waals surface area contributed by atoms with Gasteiger partial charge in [0, 0.05) is 6.20 Å². The number of pyridine rings is 1. The monoisotopic (exact) mass is 388 g/mol. The van der Waals surface area contributed by atoms with Crippen molar-refractivity contribution < 1.29 is 21.8 Å². The van der Waals surface area contributed by atoms with Crippen molar-refractivity contribution in [2.24, 2.45) is 0 Å². The molecule has 0 saturated carbocycles. The first kappa shape index (κ1) is 18.4. The molecule has 22 heavy (non-hydrogen) atoms. The molecule has 3 N–H and O–H groups in total. The Bertz CT molecular complexity index is 668. The number of aromatic nitrogens is 1. The topological polar surface area (TPSA) is 109 Å². The van der Waals surface area contributed by atoms with Gasteiger partial charge < -0.3 is 0 Å². The molecular weight excluding hydrogens is 375 g/mol. The zero-order valence-electron chi connectivity index (χ0n) is 11.5. The van der Waals surface area contributed by atoms with E-state index >= 15 is 0 Å². The first-order valence-corrected chi connectivity index (χ1v) is 9.65. The molecule has 1 aromatic carbocycles. The predicted molar refractivity (Wildman–Crippen MR) is 82.0 cm³/mol. The second-order valence-electron chi connectivity index (χ2n) is 3.95. The van der Waals surface area contributed by atoms with Crippen molar-refractivity contribution in [3.8, 4) is 0 Å². The Labute approximate surface area is 134 Å². The third-order valence-corrected chi connectivity index (χ3v) is 5.04. The van der Waals surface area contributed by atoms with Gasteiger partial charge in [0.2, 0.25) is 0 Å². The molecule has 0 fully saturated rings. The zero-order valence-corrected chi connectivity index (χ0v) is 14.1. The van der Waals surface area contributed by atoms with Crippen molar-refractivity contribution in [1.82, 2.24) is 4.98 Å². The van der Waals surface area contributed by atoms with E-state index in [1.165, 1.54) is 25.1 Å². The van der Waals surface area contributed by atoms with Gasteiger partial charge in [-0.2, -0.15) is 0 Å². The fourth-order valence-corrected chi connectivity index (χ4v) is 3.20. The Morgan fingerprint density at radius 2 is 1.91 bits per heavy atom. The van der Waals surface area contributed by atoms with E-state index in [-0.39, 0.29) is 15.9 Å². The normalized spacial score (nSPS) is 12.5. The number of amides is 1. The number of para-hydroxylation sites is 1. The summed E-state index contributed by atoms with van der Waals surface area (Å²) < 4.78 is 24.1. The van der Waals surface area contributed by atoms with Crippen molar-refractivity contribution >= 4 is 41.7 Å². The number of carbonyl (C=O) groups excluding carboxylic acids is 1. The molecule has 0 aliphatic heterocycles. The molecule has 1 aromatic heterocycles. The SMILES string of the molecule is CC(=O)Nc1ccccc1[As](=O)(O)OO.Clc1ccccn1. The van der Waals surface area contributed by atoms with E-state index in [1.807, 2.05) is 12.1 Å². The molecule has 1 heterocycles. The first-order chi connectivity index (χ1) is 10.4. The summed E-state index contributed by atoms with van der Waals surface area (Å²) in [5.74, 6) is -0.379. The first-order valence-electron chi connectivity index (χ1n) is 5.96. The number of carbonyl (C=O) groups is 1. The number of anilines is 1. The molecule has 7 nitrogen and oxygen atoms in total. The van der Waals surface area contributed by atoms with Crippen LogP contribution in [0.25, 0.3) is 0 Å². The molecule has 1 amide bonds. The molecule has 0 radical (unpaired) electrons. The number of nitrogens with zero attached hydrogens (tertiary/aromatic N) is 1. The maximum absolute atomic E-state index is 11.4. The minimum atomic E-state index is -4.92. The summed E-state index contributed by atoms with van der Waals surface area (Å²) in [5.41, 5.74) is 0.157. The molecule has 9 heteroatoms. The van der Waals surface area contributed by atoms with Gasteiger partial charge in [0.25, 0.3) is 0 Å². The Balaban J connectivity index is 0.000000287. The minimum absolute atomic E-state index is 0.103. The number of benzene rings is 1. The smallest absolute Gasteiger partial charge is 0.129 e. The van der Waals surface area contributed by atoms with Crippen LogP contribution >= 0.6 is 11.6 Å². The van der Waals surface area contributed by atoms with Gasteiger partial charge in [0.15, 0.2) is 0 Å². The maximum atomic E-state index is 11.4. The van der Waals surface area contributed by atoms with Gasteiger partial charge >= 0.3 is 88.4 Å². The minimum Gasteiger partial charge on any atom is -0.245 e. The van der Waals surface area contributed by atoms with E-state index in [2.05, 4.69) is 14.2 Å². The third-order valence-electron chi connectivity index (χ3n) is 2.26. The zero-order chi connectivity index (χ0) is 16.6. The Morgan fingerprint density at radius 3 is 2.36 bits per heavy atom. The van der Waals surface area contributed by atoms with E-state index in [4.69, 9.17) is 16.9 Å². The molecule has 0 saturated heterocycles. The summed E-state index contributed by atoms with van der Waals surface area (Å²) in [6.07, 6.45) is 1.66. The summed E-state index contributed by atoms with van der Waals surface area (Å²) in [6.45, 7) is 1.27. The summed E-state index contributed by atoms with van der Waals surface area (Å²) >= 11 is 0.504. The molecular formula is C13H14AsClN2O5. The van der Waals surface area contributed by atoms with Gasteiger partial charge in [-0.3, -0.25) is 0 Å². The Hall–Kier alpha value is -1.63. The third kappa shape index (κ3) is 6.01. The summed E-state index contributed by atoms with van der Waals surface area (Å²) in [5, 5.41) is 11.2. The Morgan fingerprint density at radius 1 is 1.27 bits per heavy atom. The number of hydrogen-bond acceptors (Lipinski definition) is 5. The fraction of sp³-hybridized carbons (Fsp3) is 0.0769. The van der Waals surface area contributed by atoms with Crippen LogP contribution in [0.2, 0.25) is 5.15 Å². The van der Waals surface area contributed by atoms with Crippen LogP contribution in [0.1, 0.15) is 6.92 Å². The van der Waals surface area contributed by atoms with Gasteiger partial charge in [-0.1, -0.05) is 17.7 Å². The van der Waals surface area contributed by atoms with Gasteiger partial charge in [-0.05, 0) is 12.1 Å². The van der Waals surface area contributed by atoms with Crippen LogP contribution < -0.4 is 9.67 Å². The van der Waals surface area contributed by atoms with Gasteiger partial charge in [-0.25, -0.2) is 4.98 Å². The van der Waals surface area contributed by atoms with E-state index < -0.39 is 14.2 Å². The quantitative estimate of drug-likeness (QED) is 0.318. The van der Waals surface area contributed by atoms with E-state index in [9.17, 15) is 12.6 Å². The second kappa shape index (κ2) is 8.72. The average Bonchev–Trinajstić information content (AvgIpc) is 2.48. The van der Waals surface area contributed by atoms with Gasteiger partial charge in [-0.15, -0.1) is 0 Å². The number of nitrogens with one attached hydrogen (secondary N) is 1. The Kier molecular flexibility index (Phi) is 7.30. The van der Waals surface area contributed by atoms with E-state index in [1.54, 1.807) is 18.3 Å². The number of rotatable bonds is 3. The van der Waals surface area contributed by atoms with Crippen LogP contribution in [0.4, 0.5) is 5.69 Å². The van der Waals surface area contributed by atoms with Gasteiger partial charge in [0.05, 0.1) is 0 Å². The molecule has 1 unspecified atom stereocenters. The van der Waals surface area contributed by atoms with Crippen LogP contribution in [-0.2, 0) is 12.4 Å². The molecule has 0 spiro atoms. The summed E-state index contributed by atoms with van der Waals surface area (Å²) in [7, 11) is 0. The van der Waals surface area contributed by atoms with Gasteiger partial charge in [0.1, 0.15) is 5.15 Å². The standard InChI is InChI=1S/C8H10AsNO5.C5H4ClN/c1-6(11)10-8-5-3-2-4-7(8)9(12,13)15-14;6-5-3-1-2-4-7-5/h2-5,14H,1H3,(H,10,11)(H,12,13);1-4H. The van der Waals surface area contributed by atoms with Crippen LogP contribution in [0.3, 0.4) is 0 Å². The van der Waals surface area contributed by atoms with E-state index in [0.29, 0.717) is 5.15 Å². The number of hydrogen-bond donors (Lipinski definition) is 3.